The molecule has 0 heterocycles. The molecule has 0 unspecified atom stereocenters. The van der Waals surface area contributed by atoms with Gasteiger partial charge in [-0.3, -0.25) is 0 Å². The van der Waals surface area contributed by atoms with Gasteiger partial charge in [-0.15, -0.1) is 6.42 Å². The van der Waals surface area contributed by atoms with Gasteiger partial charge in [0.15, 0.2) is 0 Å². The fourth-order valence-corrected chi connectivity index (χ4v) is 4.36. The summed E-state index contributed by atoms with van der Waals surface area (Å²) >= 11 is 0. The largest absolute Gasteiger partial charge is 0.243 e. The van der Waals surface area contributed by atoms with E-state index >= 15 is 0 Å². The summed E-state index contributed by atoms with van der Waals surface area (Å²) in [6, 6.07) is 21.3. The van der Waals surface area contributed by atoms with Gasteiger partial charge in [0, 0.05) is 6.54 Å². The number of hydrogen-bond acceptors (Lipinski definition) is 2. The second kappa shape index (κ2) is 8.88. The van der Waals surface area contributed by atoms with Gasteiger partial charge < -0.3 is 0 Å². The maximum atomic E-state index is 12.9. The molecule has 0 fully saturated rings. The number of fused-ring (bicyclic) bond motifs is 1. The van der Waals surface area contributed by atoms with Crippen LogP contribution < -0.4 is 0 Å². The molecule has 0 amide bonds. The van der Waals surface area contributed by atoms with Crippen LogP contribution in [-0.2, 0) is 10.0 Å². The number of aryl methyl sites for hydroxylation is 1. The van der Waals surface area contributed by atoms with Gasteiger partial charge in [0.05, 0.1) is 11.4 Å². The average Bonchev–Trinajstić information content (AvgIpc) is 2.70. The molecule has 0 atom stereocenters. The first-order chi connectivity index (χ1) is 13.5. The summed E-state index contributed by atoms with van der Waals surface area (Å²) in [4.78, 5) is 0.270. The van der Waals surface area contributed by atoms with Gasteiger partial charge in [-0.05, 0) is 47.9 Å². The van der Waals surface area contributed by atoms with Crippen LogP contribution in [0.4, 0.5) is 0 Å². The summed E-state index contributed by atoms with van der Waals surface area (Å²) in [7, 11) is -3.60. The molecular weight excluding hydrogens is 366 g/mol. The number of hydrogen-bond donors (Lipinski definition) is 0. The molecule has 0 N–H and O–H groups in total. The van der Waals surface area contributed by atoms with Crippen LogP contribution in [-0.4, -0.2) is 25.8 Å². The van der Waals surface area contributed by atoms with Crippen molar-refractivity contribution in [2.24, 2.45) is 0 Å². The molecule has 0 saturated heterocycles. The summed E-state index contributed by atoms with van der Waals surface area (Å²) in [5.74, 6) is 2.46. The summed E-state index contributed by atoms with van der Waals surface area (Å²) in [5, 5.41) is 2.38. The van der Waals surface area contributed by atoms with Crippen LogP contribution in [0.25, 0.3) is 16.8 Å². The van der Waals surface area contributed by atoms with Crippen molar-refractivity contribution >= 4 is 26.9 Å². The second-order valence-corrected chi connectivity index (χ2v) is 8.59. The monoisotopic (exact) mass is 389 g/mol. The number of rotatable bonds is 7. The summed E-state index contributed by atoms with van der Waals surface area (Å²) < 4.78 is 27.1. The van der Waals surface area contributed by atoms with E-state index in [-0.39, 0.29) is 11.4 Å². The maximum absolute atomic E-state index is 12.9. The molecule has 0 aliphatic carbocycles. The summed E-state index contributed by atoms with van der Waals surface area (Å²) in [6.07, 6.45) is 9.98. The van der Waals surface area contributed by atoms with E-state index < -0.39 is 10.0 Å². The van der Waals surface area contributed by atoms with Crippen LogP contribution >= 0.6 is 0 Å². The van der Waals surface area contributed by atoms with Crippen molar-refractivity contribution in [3.8, 4) is 12.3 Å². The first-order valence-electron chi connectivity index (χ1n) is 9.16. The lowest BCUT2D eigenvalue weighted by molar-refractivity contribution is 0.452. The Morgan fingerprint density at radius 2 is 1.71 bits per heavy atom. The highest BCUT2D eigenvalue weighted by molar-refractivity contribution is 7.89. The van der Waals surface area contributed by atoms with Gasteiger partial charge in [-0.2, -0.15) is 4.31 Å². The minimum atomic E-state index is -3.60. The number of sulfonamides is 1. The Bertz CT molecular complexity index is 1120. The van der Waals surface area contributed by atoms with Crippen LogP contribution in [0.1, 0.15) is 17.5 Å². The minimum absolute atomic E-state index is 0.0556. The predicted octanol–water partition coefficient (Wildman–Crippen LogP) is 4.88. The first kappa shape index (κ1) is 19.9. The molecule has 0 radical (unpaired) electrons. The Hall–Kier alpha value is -2.87. The molecule has 3 nitrogen and oxygen atoms in total. The van der Waals surface area contributed by atoms with E-state index in [1.54, 1.807) is 24.3 Å². The standard InChI is InChI=1S/C24H23NO2S/c1-3-17-25(28(26,27)24-15-11-20(2)12-16-24)18-7-6-8-21-13-14-22-9-4-5-10-23(22)19-21/h1,4-6,8-16,19H,7,17-18H2,2H3/b8-6+. The maximum Gasteiger partial charge on any atom is 0.243 e. The lowest BCUT2D eigenvalue weighted by atomic mass is 10.1. The number of benzene rings is 3. The van der Waals surface area contributed by atoms with Crippen molar-refractivity contribution in [1.29, 1.82) is 0 Å². The van der Waals surface area contributed by atoms with Gasteiger partial charge in [0.1, 0.15) is 0 Å². The number of terminal acetylenes is 1. The van der Waals surface area contributed by atoms with Crippen molar-refractivity contribution < 1.29 is 8.42 Å². The summed E-state index contributed by atoms with van der Waals surface area (Å²) in [5.41, 5.74) is 2.10. The highest BCUT2D eigenvalue weighted by Gasteiger charge is 2.22. The normalized spacial score (nSPS) is 11.9. The Balaban J connectivity index is 1.69. The van der Waals surface area contributed by atoms with E-state index in [4.69, 9.17) is 6.42 Å². The zero-order chi connectivity index (χ0) is 20.0. The molecule has 0 saturated carbocycles. The second-order valence-electron chi connectivity index (χ2n) is 6.65. The van der Waals surface area contributed by atoms with Gasteiger partial charge in [0.25, 0.3) is 0 Å². The van der Waals surface area contributed by atoms with E-state index in [2.05, 4.69) is 36.3 Å². The molecule has 0 aromatic heterocycles. The smallest absolute Gasteiger partial charge is 0.207 e. The molecule has 0 bridgehead atoms. The van der Waals surface area contributed by atoms with Crippen molar-refractivity contribution in [3.63, 3.8) is 0 Å². The zero-order valence-electron chi connectivity index (χ0n) is 15.9. The van der Waals surface area contributed by atoms with Gasteiger partial charge in [-0.25, -0.2) is 8.42 Å². The Kier molecular flexibility index (Phi) is 6.30. The molecule has 28 heavy (non-hydrogen) atoms. The molecular formula is C24H23NO2S. The van der Waals surface area contributed by atoms with E-state index in [0.717, 1.165) is 11.1 Å². The van der Waals surface area contributed by atoms with Crippen molar-refractivity contribution in [1.82, 2.24) is 4.31 Å². The van der Waals surface area contributed by atoms with Crippen molar-refractivity contribution in [2.75, 3.05) is 13.1 Å². The van der Waals surface area contributed by atoms with Crippen LogP contribution in [0.15, 0.2) is 77.7 Å². The Morgan fingerprint density at radius 3 is 2.43 bits per heavy atom. The van der Waals surface area contributed by atoms with Gasteiger partial charge in [-0.1, -0.05) is 72.2 Å². The molecule has 3 aromatic rings. The average molecular weight is 390 g/mol. The molecule has 4 heteroatoms. The van der Waals surface area contributed by atoms with Crippen molar-refractivity contribution in [2.45, 2.75) is 18.2 Å². The summed E-state index contributed by atoms with van der Waals surface area (Å²) in [6.45, 7) is 2.32. The Labute approximate surface area is 167 Å². The SMILES string of the molecule is C#CCN(CC/C=C/c1ccc2ccccc2c1)S(=O)(=O)c1ccc(C)cc1. The quantitative estimate of drug-likeness (QED) is 0.540. The highest BCUT2D eigenvalue weighted by Crippen LogP contribution is 2.18. The molecule has 142 valence electrons. The zero-order valence-corrected chi connectivity index (χ0v) is 16.7. The van der Waals surface area contributed by atoms with Crippen LogP contribution in [0.3, 0.4) is 0 Å². The molecule has 3 rings (SSSR count). The van der Waals surface area contributed by atoms with Crippen molar-refractivity contribution in [3.05, 3.63) is 83.9 Å². The third-order valence-corrected chi connectivity index (χ3v) is 6.41. The highest BCUT2D eigenvalue weighted by atomic mass is 32.2. The number of nitrogens with zero attached hydrogens (tertiary/aromatic N) is 1. The third-order valence-electron chi connectivity index (χ3n) is 4.56. The lowest BCUT2D eigenvalue weighted by Gasteiger charge is -2.19. The third kappa shape index (κ3) is 4.69. The predicted molar refractivity (Wildman–Crippen MR) is 116 cm³/mol. The Morgan fingerprint density at radius 1 is 1.00 bits per heavy atom. The van der Waals surface area contributed by atoms with Crippen LogP contribution in [0.2, 0.25) is 0 Å². The van der Waals surface area contributed by atoms with E-state index in [0.29, 0.717) is 13.0 Å². The minimum Gasteiger partial charge on any atom is -0.207 e. The van der Waals surface area contributed by atoms with Crippen LogP contribution in [0.5, 0.6) is 0 Å². The van der Waals surface area contributed by atoms with E-state index in [1.807, 2.05) is 31.2 Å². The molecule has 0 aliphatic heterocycles. The van der Waals surface area contributed by atoms with Gasteiger partial charge in [0.2, 0.25) is 10.0 Å². The molecule has 0 spiro atoms. The first-order valence-corrected chi connectivity index (χ1v) is 10.6. The van der Waals surface area contributed by atoms with Crippen LogP contribution in [0, 0.1) is 19.3 Å². The molecule has 3 aromatic carbocycles. The fraction of sp³-hybridized carbons (Fsp3) is 0.167. The topological polar surface area (TPSA) is 37.4 Å². The van der Waals surface area contributed by atoms with Gasteiger partial charge >= 0.3 is 0 Å². The molecule has 0 aliphatic rings. The fourth-order valence-electron chi connectivity index (χ4n) is 2.99. The van der Waals surface area contributed by atoms with E-state index in [1.165, 1.54) is 15.1 Å². The van der Waals surface area contributed by atoms with E-state index in [9.17, 15) is 8.42 Å². The lowest BCUT2D eigenvalue weighted by Crippen LogP contribution is -2.32.